The number of hydrogen-bond acceptors (Lipinski definition) is 1. The van der Waals surface area contributed by atoms with Crippen LogP contribution in [0.4, 0.5) is 0 Å². The molecule has 0 N–H and O–H groups in total. The van der Waals surface area contributed by atoms with Gasteiger partial charge in [-0.15, -0.1) is 0 Å². The molecule has 1 aromatic rings. The molecule has 0 aliphatic carbocycles. The molecule has 0 amide bonds. The molecule has 72 valence electrons. The van der Waals surface area contributed by atoms with E-state index in [1.54, 1.807) is 4.57 Å². The summed E-state index contributed by atoms with van der Waals surface area (Å²) in [5.41, 5.74) is 0.941. The maximum atomic E-state index is 11.7. The molecule has 1 heterocycles. The van der Waals surface area contributed by atoms with Crippen molar-refractivity contribution in [2.75, 3.05) is 0 Å². The fraction of sp³-hybridized carbons (Fsp3) is 0.500. The molecule has 0 aliphatic rings. The van der Waals surface area contributed by atoms with Crippen molar-refractivity contribution in [3.8, 4) is 0 Å². The Morgan fingerprint density at radius 2 is 2.23 bits per heavy atom. The summed E-state index contributed by atoms with van der Waals surface area (Å²) in [5, 5.41) is 0.630. The van der Waals surface area contributed by atoms with Crippen LogP contribution < -0.4 is 5.56 Å². The first-order valence-corrected chi connectivity index (χ1v) is 5.51. The summed E-state index contributed by atoms with van der Waals surface area (Å²) in [6.07, 6.45) is 1.84. The molecule has 13 heavy (non-hydrogen) atoms. The third-order valence-electron chi connectivity index (χ3n) is 1.80. The number of hydrogen-bond donors (Lipinski definition) is 0. The molecule has 0 fully saturated rings. The fourth-order valence-corrected chi connectivity index (χ4v) is 1.65. The largest absolute Gasteiger partial charge is 0.315 e. The van der Waals surface area contributed by atoms with Crippen molar-refractivity contribution < 1.29 is 0 Å². The van der Waals surface area contributed by atoms with E-state index in [1.807, 2.05) is 18.3 Å². The molecule has 0 unspecified atom stereocenters. The van der Waals surface area contributed by atoms with Crippen LogP contribution in [0.3, 0.4) is 0 Å². The van der Waals surface area contributed by atoms with Gasteiger partial charge in [-0.05, 0) is 12.0 Å². The van der Waals surface area contributed by atoms with E-state index in [-0.39, 0.29) is 5.56 Å². The van der Waals surface area contributed by atoms with Crippen LogP contribution in [0.5, 0.6) is 0 Å². The average Bonchev–Trinajstić information content (AvgIpc) is 2.08. The predicted octanol–water partition coefficient (Wildman–Crippen LogP) is 2.40. The van der Waals surface area contributed by atoms with Crippen LogP contribution in [0.25, 0.3) is 0 Å². The van der Waals surface area contributed by atoms with Crippen LogP contribution in [0.2, 0.25) is 0 Å². The molecule has 0 saturated heterocycles. The van der Waals surface area contributed by atoms with E-state index in [9.17, 15) is 4.79 Å². The molecule has 2 nitrogen and oxygen atoms in total. The highest BCUT2D eigenvalue weighted by Gasteiger charge is 2.02. The lowest BCUT2D eigenvalue weighted by Gasteiger charge is -2.08. The first-order valence-electron chi connectivity index (χ1n) is 4.39. The Morgan fingerprint density at radius 1 is 1.54 bits per heavy atom. The maximum Gasteiger partial charge on any atom is 0.254 e. The molecule has 0 aromatic carbocycles. The fourth-order valence-electron chi connectivity index (χ4n) is 1.23. The lowest BCUT2D eigenvalue weighted by Crippen LogP contribution is -2.24. The third-order valence-corrected chi connectivity index (χ3v) is 2.41. The Hall–Kier alpha value is -0.570. The molecular weight excluding hydrogens is 230 g/mol. The highest BCUT2D eigenvalue weighted by atomic mass is 79.9. The van der Waals surface area contributed by atoms with E-state index in [0.717, 1.165) is 12.1 Å². The molecule has 0 spiro atoms. The van der Waals surface area contributed by atoms with Crippen molar-refractivity contribution in [1.29, 1.82) is 0 Å². The van der Waals surface area contributed by atoms with E-state index in [1.165, 1.54) is 0 Å². The molecule has 1 rings (SSSR count). The molecule has 1 aromatic heterocycles. The van der Waals surface area contributed by atoms with E-state index >= 15 is 0 Å². The van der Waals surface area contributed by atoms with Crippen LogP contribution in [0.15, 0.2) is 23.1 Å². The molecule has 0 radical (unpaired) electrons. The zero-order chi connectivity index (χ0) is 9.84. The highest BCUT2D eigenvalue weighted by molar-refractivity contribution is 9.08. The first-order chi connectivity index (χ1) is 6.15. The van der Waals surface area contributed by atoms with Crippen molar-refractivity contribution in [3.63, 3.8) is 0 Å². The van der Waals surface area contributed by atoms with Gasteiger partial charge in [-0.2, -0.15) is 0 Å². The van der Waals surface area contributed by atoms with Crippen molar-refractivity contribution in [2.45, 2.75) is 25.7 Å². The van der Waals surface area contributed by atoms with Gasteiger partial charge in [-0.3, -0.25) is 4.79 Å². The number of pyridine rings is 1. The second-order valence-corrected chi connectivity index (χ2v) is 4.08. The van der Waals surface area contributed by atoms with E-state index in [4.69, 9.17) is 0 Å². The van der Waals surface area contributed by atoms with Gasteiger partial charge in [0, 0.05) is 23.6 Å². The monoisotopic (exact) mass is 243 g/mol. The average molecular weight is 244 g/mol. The Labute approximate surface area is 86.7 Å². The third kappa shape index (κ3) is 2.69. The summed E-state index contributed by atoms with van der Waals surface area (Å²) in [5.74, 6) is 0.503. The zero-order valence-corrected chi connectivity index (χ0v) is 9.54. The van der Waals surface area contributed by atoms with Gasteiger partial charge in [0.2, 0.25) is 0 Å². The molecule has 0 bridgehead atoms. The second-order valence-electron chi connectivity index (χ2n) is 3.52. The van der Waals surface area contributed by atoms with Crippen LogP contribution in [0.1, 0.15) is 19.4 Å². The molecule has 0 atom stereocenters. The highest BCUT2D eigenvalue weighted by Crippen LogP contribution is 2.01. The van der Waals surface area contributed by atoms with Crippen LogP contribution in [-0.2, 0) is 11.9 Å². The Bertz CT molecular complexity index is 330. The quantitative estimate of drug-likeness (QED) is 0.748. The summed E-state index contributed by atoms with van der Waals surface area (Å²) in [4.78, 5) is 11.7. The minimum Gasteiger partial charge on any atom is -0.315 e. The lowest BCUT2D eigenvalue weighted by molar-refractivity contribution is 0.509. The standard InChI is InChI=1S/C10H14BrNO/c1-8(2)7-12-5-3-4-9(6-11)10(12)13/h3-5,8H,6-7H2,1-2H3. The molecule has 3 heteroatoms. The normalized spacial score (nSPS) is 10.8. The van der Waals surface area contributed by atoms with Gasteiger partial charge in [0.25, 0.3) is 5.56 Å². The Balaban J connectivity index is 3.02. The van der Waals surface area contributed by atoms with Crippen LogP contribution >= 0.6 is 15.9 Å². The summed E-state index contributed by atoms with van der Waals surface area (Å²) in [6.45, 7) is 5.00. The number of halogens is 1. The van der Waals surface area contributed by atoms with Crippen molar-refractivity contribution >= 4 is 15.9 Å². The molecule has 0 aliphatic heterocycles. The van der Waals surface area contributed by atoms with Gasteiger partial charge >= 0.3 is 0 Å². The number of nitrogens with zero attached hydrogens (tertiary/aromatic N) is 1. The van der Waals surface area contributed by atoms with E-state index in [2.05, 4.69) is 29.8 Å². The minimum absolute atomic E-state index is 0.119. The van der Waals surface area contributed by atoms with Gasteiger partial charge in [-0.1, -0.05) is 35.8 Å². The van der Waals surface area contributed by atoms with Crippen molar-refractivity contribution in [1.82, 2.24) is 4.57 Å². The van der Waals surface area contributed by atoms with Gasteiger partial charge in [0.1, 0.15) is 0 Å². The minimum atomic E-state index is 0.119. The summed E-state index contributed by atoms with van der Waals surface area (Å²) in [6, 6.07) is 3.77. The van der Waals surface area contributed by atoms with Crippen LogP contribution in [-0.4, -0.2) is 4.57 Å². The molecular formula is C10H14BrNO. The van der Waals surface area contributed by atoms with Crippen molar-refractivity contribution in [3.05, 3.63) is 34.2 Å². The van der Waals surface area contributed by atoms with Crippen molar-refractivity contribution in [2.24, 2.45) is 5.92 Å². The summed E-state index contributed by atoms with van der Waals surface area (Å²) >= 11 is 3.30. The SMILES string of the molecule is CC(C)Cn1cccc(CBr)c1=O. The van der Waals surface area contributed by atoms with Gasteiger partial charge < -0.3 is 4.57 Å². The summed E-state index contributed by atoms with van der Waals surface area (Å²) < 4.78 is 1.77. The summed E-state index contributed by atoms with van der Waals surface area (Å²) in [7, 11) is 0. The van der Waals surface area contributed by atoms with Gasteiger partial charge in [0.15, 0.2) is 0 Å². The van der Waals surface area contributed by atoms with Gasteiger partial charge in [0.05, 0.1) is 0 Å². The number of aromatic nitrogens is 1. The lowest BCUT2D eigenvalue weighted by atomic mass is 10.2. The first kappa shape index (κ1) is 10.5. The Kier molecular flexibility index (Phi) is 3.72. The number of rotatable bonds is 3. The van der Waals surface area contributed by atoms with Gasteiger partial charge in [-0.25, -0.2) is 0 Å². The predicted molar refractivity (Wildman–Crippen MR) is 58.2 cm³/mol. The van der Waals surface area contributed by atoms with E-state index in [0.29, 0.717) is 11.2 Å². The maximum absolute atomic E-state index is 11.7. The van der Waals surface area contributed by atoms with Crippen LogP contribution in [0, 0.1) is 5.92 Å². The topological polar surface area (TPSA) is 22.0 Å². The van der Waals surface area contributed by atoms with E-state index < -0.39 is 0 Å². The smallest absolute Gasteiger partial charge is 0.254 e. The zero-order valence-electron chi connectivity index (χ0n) is 7.96. The number of alkyl halides is 1. The Morgan fingerprint density at radius 3 is 2.77 bits per heavy atom. The molecule has 0 saturated carbocycles. The second kappa shape index (κ2) is 4.61.